The molecule has 2 aliphatic heterocycles. The molecule has 2 aromatic rings. The number of amides is 2. The summed E-state index contributed by atoms with van der Waals surface area (Å²) in [5.41, 5.74) is 2.74. The van der Waals surface area contributed by atoms with E-state index in [9.17, 15) is 14.4 Å². The summed E-state index contributed by atoms with van der Waals surface area (Å²) >= 11 is 0. The number of carbonyl (C=O) groups excluding carboxylic acids is 3. The molecule has 9 heteroatoms. The number of para-hydroxylation sites is 1. The quantitative estimate of drug-likeness (QED) is 0.219. The molecule has 0 bridgehead atoms. The highest BCUT2D eigenvalue weighted by Gasteiger charge is 2.26. The van der Waals surface area contributed by atoms with Crippen molar-refractivity contribution in [1.29, 1.82) is 0 Å². The highest BCUT2D eigenvalue weighted by Crippen LogP contribution is 2.28. The molecule has 1 N–H and O–H groups in total. The van der Waals surface area contributed by atoms with Crippen molar-refractivity contribution in [2.75, 3.05) is 64.8 Å². The largest absolute Gasteiger partial charge is 0.466 e. The molecule has 1 unspecified atom stereocenters. The third-order valence-electron chi connectivity index (χ3n) is 8.72. The molecule has 2 aliphatic rings. The van der Waals surface area contributed by atoms with Gasteiger partial charge in [0.1, 0.15) is 6.10 Å². The predicted octanol–water partition coefficient (Wildman–Crippen LogP) is 5.66. The number of esters is 1. The van der Waals surface area contributed by atoms with Crippen molar-refractivity contribution in [2.24, 2.45) is 5.92 Å². The number of piperidine rings is 2. The summed E-state index contributed by atoms with van der Waals surface area (Å²) in [5.74, 6) is 0.133. The highest BCUT2D eigenvalue weighted by atomic mass is 16.6. The number of unbranched alkanes of at least 4 members (excludes halogenated alkanes) is 2. The van der Waals surface area contributed by atoms with E-state index in [0.717, 1.165) is 101 Å². The van der Waals surface area contributed by atoms with Gasteiger partial charge in [-0.3, -0.25) is 14.9 Å². The maximum Gasteiger partial charge on any atom is 0.411 e. The van der Waals surface area contributed by atoms with Gasteiger partial charge in [0, 0.05) is 51.8 Å². The molecule has 2 aromatic carbocycles. The van der Waals surface area contributed by atoms with Gasteiger partial charge in [0.25, 0.3) is 0 Å². The lowest BCUT2D eigenvalue weighted by molar-refractivity contribution is -0.150. The summed E-state index contributed by atoms with van der Waals surface area (Å²) in [6.07, 6.45) is 6.50. The number of hydrogen-bond acceptors (Lipinski definition) is 7. The second kappa shape index (κ2) is 17.8. The number of nitrogens with one attached hydrogen (secondary N) is 1. The average molecular weight is 607 g/mol. The van der Waals surface area contributed by atoms with Crippen molar-refractivity contribution in [3.8, 4) is 11.1 Å². The monoisotopic (exact) mass is 606 g/mol. The summed E-state index contributed by atoms with van der Waals surface area (Å²) < 4.78 is 11.0. The first kappa shape index (κ1) is 33.5. The minimum Gasteiger partial charge on any atom is -0.466 e. The smallest absolute Gasteiger partial charge is 0.411 e. The van der Waals surface area contributed by atoms with E-state index < -0.39 is 6.09 Å². The number of likely N-dealkylation sites (tertiary alicyclic amines) is 2. The standard InChI is InChI=1S/C35H50N4O5/c1-3-43-34(41)29-15-12-22-39(27-29)21-11-5-8-18-33(40)37(2)25-26-38-23-19-30(20-24-38)44-35(42)36-32-17-10-9-16-31(32)28-13-6-4-7-14-28/h4,6-7,9-10,13-14,16-17,29-30H,3,5,8,11-12,15,18-27H2,1-2H3,(H,36,42). The van der Waals surface area contributed by atoms with E-state index in [-0.39, 0.29) is 23.9 Å². The van der Waals surface area contributed by atoms with Crippen molar-refractivity contribution in [1.82, 2.24) is 14.7 Å². The lowest BCUT2D eigenvalue weighted by Gasteiger charge is -2.32. The number of likely N-dealkylation sites (N-methyl/N-ethyl adjacent to an activating group) is 1. The lowest BCUT2D eigenvalue weighted by Crippen LogP contribution is -2.42. The Balaban J connectivity index is 1.06. The van der Waals surface area contributed by atoms with Crippen molar-refractivity contribution in [2.45, 2.75) is 64.4 Å². The number of nitrogens with zero attached hydrogens (tertiary/aromatic N) is 3. The maximum atomic E-state index is 12.7. The Kier molecular flexibility index (Phi) is 13.5. The van der Waals surface area contributed by atoms with Gasteiger partial charge in [-0.2, -0.15) is 0 Å². The second-order valence-corrected chi connectivity index (χ2v) is 12.0. The first-order valence-electron chi connectivity index (χ1n) is 16.4. The molecule has 2 fully saturated rings. The molecule has 4 rings (SSSR count). The fourth-order valence-electron chi connectivity index (χ4n) is 6.11. The molecular weight excluding hydrogens is 556 g/mol. The van der Waals surface area contributed by atoms with Crippen LogP contribution < -0.4 is 5.32 Å². The summed E-state index contributed by atoms with van der Waals surface area (Å²) in [7, 11) is 1.89. The zero-order chi connectivity index (χ0) is 31.1. The van der Waals surface area contributed by atoms with E-state index in [4.69, 9.17) is 9.47 Å². The Bertz CT molecular complexity index is 1180. The summed E-state index contributed by atoms with van der Waals surface area (Å²) in [5, 5.41) is 2.93. The number of rotatable bonds is 14. The predicted molar refractivity (Wildman–Crippen MR) is 173 cm³/mol. The first-order chi connectivity index (χ1) is 21.4. The van der Waals surface area contributed by atoms with E-state index in [1.54, 1.807) is 0 Å². The zero-order valence-electron chi connectivity index (χ0n) is 26.5. The van der Waals surface area contributed by atoms with E-state index >= 15 is 0 Å². The van der Waals surface area contributed by atoms with Crippen molar-refractivity contribution in [3.05, 3.63) is 54.6 Å². The fourth-order valence-corrected chi connectivity index (χ4v) is 6.11. The highest BCUT2D eigenvalue weighted by molar-refractivity contribution is 5.91. The second-order valence-electron chi connectivity index (χ2n) is 12.0. The summed E-state index contributed by atoms with van der Waals surface area (Å²) in [4.78, 5) is 44.0. The van der Waals surface area contributed by atoms with Gasteiger partial charge in [-0.05, 0) is 70.2 Å². The van der Waals surface area contributed by atoms with E-state index in [0.29, 0.717) is 19.6 Å². The van der Waals surface area contributed by atoms with Crippen LogP contribution in [0.5, 0.6) is 0 Å². The van der Waals surface area contributed by atoms with E-state index in [1.165, 1.54) is 0 Å². The van der Waals surface area contributed by atoms with Gasteiger partial charge in [0.2, 0.25) is 5.91 Å². The lowest BCUT2D eigenvalue weighted by atomic mass is 9.98. The Labute approximate surface area is 262 Å². The van der Waals surface area contributed by atoms with Crippen LogP contribution in [0.2, 0.25) is 0 Å². The molecule has 0 saturated carbocycles. The number of benzene rings is 2. The van der Waals surface area contributed by atoms with Crippen LogP contribution in [0, 0.1) is 5.92 Å². The molecule has 0 aliphatic carbocycles. The van der Waals surface area contributed by atoms with Gasteiger partial charge >= 0.3 is 12.1 Å². The zero-order valence-corrected chi connectivity index (χ0v) is 26.5. The number of carbonyl (C=O) groups is 3. The summed E-state index contributed by atoms with van der Waals surface area (Å²) in [6.45, 7) is 8.31. The van der Waals surface area contributed by atoms with Gasteiger partial charge < -0.3 is 24.2 Å². The molecule has 2 saturated heterocycles. The molecule has 9 nitrogen and oxygen atoms in total. The Morgan fingerprint density at radius 2 is 1.64 bits per heavy atom. The Hall–Kier alpha value is -3.43. The van der Waals surface area contributed by atoms with Crippen LogP contribution in [0.25, 0.3) is 11.1 Å². The Morgan fingerprint density at radius 1 is 0.886 bits per heavy atom. The Morgan fingerprint density at radius 3 is 2.41 bits per heavy atom. The first-order valence-corrected chi connectivity index (χ1v) is 16.4. The molecule has 0 aromatic heterocycles. The molecule has 1 atom stereocenters. The summed E-state index contributed by atoms with van der Waals surface area (Å²) in [6, 6.07) is 17.7. The molecular formula is C35H50N4O5. The van der Waals surface area contributed by atoms with Gasteiger partial charge in [-0.25, -0.2) is 4.79 Å². The van der Waals surface area contributed by atoms with Crippen LogP contribution >= 0.6 is 0 Å². The molecule has 0 spiro atoms. The van der Waals surface area contributed by atoms with Crippen molar-refractivity contribution in [3.63, 3.8) is 0 Å². The molecule has 2 heterocycles. The van der Waals surface area contributed by atoms with Gasteiger partial charge in [0.15, 0.2) is 0 Å². The minimum absolute atomic E-state index is 0.00470. The molecule has 240 valence electrons. The van der Waals surface area contributed by atoms with Crippen LogP contribution in [0.1, 0.15) is 58.3 Å². The number of anilines is 1. The van der Waals surface area contributed by atoms with Crippen molar-refractivity contribution >= 4 is 23.7 Å². The van der Waals surface area contributed by atoms with Gasteiger partial charge in [-0.15, -0.1) is 0 Å². The van der Waals surface area contributed by atoms with Crippen LogP contribution in [0.3, 0.4) is 0 Å². The van der Waals surface area contributed by atoms with E-state index in [1.807, 2.05) is 73.5 Å². The molecule has 2 amide bonds. The van der Waals surface area contributed by atoms with Crippen LogP contribution in [0.15, 0.2) is 54.6 Å². The van der Waals surface area contributed by atoms with Crippen molar-refractivity contribution < 1.29 is 23.9 Å². The van der Waals surface area contributed by atoms with Gasteiger partial charge in [0.05, 0.1) is 18.2 Å². The topological polar surface area (TPSA) is 91.4 Å². The minimum atomic E-state index is -0.422. The maximum absolute atomic E-state index is 12.7. The number of ether oxygens (including phenoxy) is 2. The third-order valence-corrected chi connectivity index (χ3v) is 8.72. The van der Waals surface area contributed by atoms with Crippen LogP contribution in [0.4, 0.5) is 10.5 Å². The average Bonchev–Trinajstić information content (AvgIpc) is 3.05. The SMILES string of the molecule is CCOC(=O)C1CCCN(CCCCCC(=O)N(C)CCN2CCC(OC(=O)Nc3ccccc3-c3ccccc3)CC2)C1. The normalized spacial score (nSPS) is 18.0. The molecule has 0 radical (unpaired) electrons. The van der Waals surface area contributed by atoms with Crippen LogP contribution in [-0.4, -0.2) is 98.2 Å². The van der Waals surface area contributed by atoms with Crippen LogP contribution in [-0.2, 0) is 19.1 Å². The fraction of sp³-hybridized carbons (Fsp3) is 0.571. The van der Waals surface area contributed by atoms with E-state index in [2.05, 4.69) is 15.1 Å². The third kappa shape index (κ3) is 10.6. The van der Waals surface area contributed by atoms with Gasteiger partial charge in [-0.1, -0.05) is 55.0 Å². The molecule has 44 heavy (non-hydrogen) atoms. The number of hydrogen-bond donors (Lipinski definition) is 1.